The van der Waals surface area contributed by atoms with Crippen molar-refractivity contribution in [2.75, 3.05) is 0 Å². The zero-order chi connectivity index (χ0) is 11.4. The van der Waals surface area contributed by atoms with Gasteiger partial charge in [0.15, 0.2) is 12.4 Å². The lowest BCUT2D eigenvalue weighted by Crippen LogP contribution is -2.23. The van der Waals surface area contributed by atoms with Crippen LogP contribution in [0.2, 0.25) is 0 Å². The SMILES string of the molecule is [2H]c1cc(OCc2ccccc2)cc[n+]1[O-]. The van der Waals surface area contributed by atoms with E-state index in [0.717, 1.165) is 5.56 Å². The first-order valence-electron chi connectivity index (χ1n) is 5.12. The second-order valence-corrected chi connectivity index (χ2v) is 3.09. The number of rotatable bonds is 3. The molecule has 0 saturated carbocycles. The molecule has 0 aliphatic carbocycles. The van der Waals surface area contributed by atoms with Crippen LogP contribution in [0.4, 0.5) is 0 Å². The smallest absolute Gasteiger partial charge is 0.184 e. The quantitative estimate of drug-likeness (QED) is 0.563. The molecule has 0 saturated heterocycles. The molecule has 1 heterocycles. The fraction of sp³-hybridized carbons (Fsp3) is 0.0833. The Balaban J connectivity index is 2.03. The summed E-state index contributed by atoms with van der Waals surface area (Å²) >= 11 is 0. The normalized spacial score (nSPS) is 10.8. The lowest BCUT2D eigenvalue weighted by Gasteiger charge is -2.05. The molecule has 2 rings (SSSR count). The first-order valence-corrected chi connectivity index (χ1v) is 4.62. The maximum atomic E-state index is 10.9. The van der Waals surface area contributed by atoms with Gasteiger partial charge in [0.1, 0.15) is 13.7 Å². The van der Waals surface area contributed by atoms with Crippen molar-refractivity contribution in [3.8, 4) is 5.75 Å². The minimum atomic E-state index is -0.120. The van der Waals surface area contributed by atoms with Crippen molar-refractivity contribution in [1.29, 1.82) is 0 Å². The van der Waals surface area contributed by atoms with E-state index in [-0.39, 0.29) is 6.17 Å². The summed E-state index contributed by atoms with van der Waals surface area (Å²) in [4.78, 5) is 0. The molecule has 0 unspecified atom stereocenters. The Morgan fingerprint density at radius 2 is 2.00 bits per heavy atom. The zero-order valence-electron chi connectivity index (χ0n) is 9.09. The highest BCUT2D eigenvalue weighted by molar-refractivity contribution is 5.18. The Labute approximate surface area is 89.5 Å². The van der Waals surface area contributed by atoms with Crippen molar-refractivity contribution >= 4 is 0 Å². The van der Waals surface area contributed by atoms with Gasteiger partial charge in [-0.2, -0.15) is 4.73 Å². The van der Waals surface area contributed by atoms with E-state index in [1.54, 1.807) is 6.07 Å². The fourth-order valence-electron chi connectivity index (χ4n) is 1.19. The second-order valence-electron chi connectivity index (χ2n) is 3.09. The van der Waals surface area contributed by atoms with E-state index in [2.05, 4.69) is 0 Å². The Morgan fingerprint density at radius 3 is 2.73 bits per heavy atom. The molecule has 1 aromatic heterocycles. The van der Waals surface area contributed by atoms with E-state index in [1.165, 1.54) is 12.3 Å². The third kappa shape index (κ3) is 2.71. The minimum Gasteiger partial charge on any atom is -0.619 e. The van der Waals surface area contributed by atoms with Gasteiger partial charge in [0.25, 0.3) is 0 Å². The molecule has 0 spiro atoms. The molecule has 2 aromatic rings. The topological polar surface area (TPSA) is 36.2 Å². The average Bonchev–Trinajstić information content (AvgIpc) is 2.32. The van der Waals surface area contributed by atoms with Crippen molar-refractivity contribution in [2.24, 2.45) is 0 Å². The van der Waals surface area contributed by atoms with Gasteiger partial charge in [-0.15, -0.1) is 0 Å². The highest BCUT2D eigenvalue weighted by Crippen LogP contribution is 2.09. The van der Waals surface area contributed by atoms with Gasteiger partial charge in [0.05, 0.1) is 0 Å². The fourth-order valence-corrected chi connectivity index (χ4v) is 1.19. The molecule has 0 aliphatic heterocycles. The third-order valence-electron chi connectivity index (χ3n) is 1.96. The third-order valence-corrected chi connectivity index (χ3v) is 1.96. The van der Waals surface area contributed by atoms with Gasteiger partial charge in [-0.05, 0) is 5.56 Å². The molecule has 3 nitrogen and oxygen atoms in total. The van der Waals surface area contributed by atoms with Crippen LogP contribution >= 0.6 is 0 Å². The number of aromatic nitrogens is 1. The van der Waals surface area contributed by atoms with Crippen LogP contribution in [0, 0.1) is 5.21 Å². The van der Waals surface area contributed by atoms with Crippen LogP contribution in [-0.2, 0) is 6.61 Å². The molecule has 0 radical (unpaired) electrons. The highest BCUT2D eigenvalue weighted by atomic mass is 16.5. The summed E-state index contributed by atoms with van der Waals surface area (Å²) in [6, 6.07) is 12.7. The van der Waals surface area contributed by atoms with Crippen LogP contribution in [0.25, 0.3) is 0 Å². The van der Waals surface area contributed by atoms with E-state index >= 15 is 0 Å². The number of benzene rings is 1. The number of ether oxygens (including phenoxy) is 1. The summed E-state index contributed by atoms with van der Waals surface area (Å²) in [5.41, 5.74) is 1.05. The van der Waals surface area contributed by atoms with Crippen LogP contribution in [0.5, 0.6) is 5.75 Å². The summed E-state index contributed by atoms with van der Waals surface area (Å²) in [5.74, 6) is 0.529. The molecule has 0 N–H and O–H groups in total. The van der Waals surface area contributed by atoms with E-state index in [0.29, 0.717) is 17.1 Å². The lowest BCUT2D eigenvalue weighted by molar-refractivity contribution is -0.605. The van der Waals surface area contributed by atoms with Crippen molar-refractivity contribution in [1.82, 2.24) is 0 Å². The summed E-state index contributed by atoms with van der Waals surface area (Å²) in [6.07, 6.45) is 1.15. The molecule has 0 fully saturated rings. The monoisotopic (exact) mass is 202 g/mol. The van der Waals surface area contributed by atoms with E-state index in [4.69, 9.17) is 6.11 Å². The summed E-state index contributed by atoms with van der Waals surface area (Å²) in [6.45, 7) is 0.434. The lowest BCUT2D eigenvalue weighted by atomic mass is 10.2. The van der Waals surface area contributed by atoms with Gasteiger partial charge in [0.2, 0.25) is 0 Å². The van der Waals surface area contributed by atoms with Crippen molar-refractivity contribution in [3.63, 3.8) is 0 Å². The summed E-state index contributed by atoms with van der Waals surface area (Å²) in [5, 5.41) is 10.9. The number of nitrogens with zero attached hydrogens (tertiary/aromatic N) is 1. The average molecular weight is 202 g/mol. The molecule has 1 aromatic carbocycles. The molecular weight excluding hydrogens is 190 g/mol. The van der Waals surface area contributed by atoms with Gasteiger partial charge in [-0.3, -0.25) is 0 Å². The molecule has 0 amide bonds. The van der Waals surface area contributed by atoms with Crippen molar-refractivity contribution in [3.05, 3.63) is 65.6 Å². The highest BCUT2D eigenvalue weighted by Gasteiger charge is 1.96. The number of hydrogen-bond acceptors (Lipinski definition) is 2. The summed E-state index contributed by atoms with van der Waals surface area (Å²) in [7, 11) is 0. The van der Waals surface area contributed by atoms with Gasteiger partial charge < -0.3 is 9.94 Å². The van der Waals surface area contributed by atoms with Crippen LogP contribution in [-0.4, -0.2) is 0 Å². The zero-order valence-corrected chi connectivity index (χ0v) is 8.09. The Hall–Kier alpha value is -2.03. The van der Waals surface area contributed by atoms with Crippen LogP contribution in [0.3, 0.4) is 0 Å². The van der Waals surface area contributed by atoms with E-state index in [1.807, 2.05) is 30.3 Å². The predicted molar refractivity (Wildman–Crippen MR) is 56.2 cm³/mol. The molecule has 76 valence electrons. The Bertz CT molecular complexity index is 474. The maximum Gasteiger partial charge on any atom is 0.184 e. The Morgan fingerprint density at radius 1 is 1.20 bits per heavy atom. The van der Waals surface area contributed by atoms with Gasteiger partial charge in [-0.25, -0.2) is 0 Å². The second kappa shape index (κ2) is 4.46. The molecule has 0 aliphatic rings. The first-order chi connectivity index (χ1) is 7.75. The van der Waals surface area contributed by atoms with Crippen LogP contribution in [0.1, 0.15) is 6.93 Å². The molecule has 0 atom stereocenters. The molecule has 3 heteroatoms. The standard InChI is InChI=1S/C12H11NO2/c14-13-8-6-12(7-9-13)15-10-11-4-2-1-3-5-11/h1-9H,10H2/i8D. The number of pyridine rings is 1. The van der Waals surface area contributed by atoms with Crippen molar-refractivity contribution < 1.29 is 10.8 Å². The number of hydrogen-bond donors (Lipinski definition) is 0. The van der Waals surface area contributed by atoms with E-state index < -0.39 is 0 Å². The van der Waals surface area contributed by atoms with Gasteiger partial charge in [0, 0.05) is 12.1 Å². The predicted octanol–water partition coefficient (Wildman–Crippen LogP) is 1.90. The molecular formula is C12H11NO2. The van der Waals surface area contributed by atoms with Crippen LogP contribution in [0.15, 0.2) is 54.8 Å². The molecule has 15 heavy (non-hydrogen) atoms. The molecule has 0 bridgehead atoms. The largest absolute Gasteiger partial charge is 0.619 e. The van der Waals surface area contributed by atoms with Gasteiger partial charge in [-0.1, -0.05) is 30.3 Å². The maximum absolute atomic E-state index is 10.9. The van der Waals surface area contributed by atoms with Gasteiger partial charge >= 0.3 is 0 Å². The first kappa shape index (κ1) is 8.29. The van der Waals surface area contributed by atoms with Crippen molar-refractivity contribution in [2.45, 2.75) is 6.61 Å². The van der Waals surface area contributed by atoms with Crippen LogP contribution < -0.4 is 9.47 Å². The Kier molecular flexibility index (Phi) is 2.47. The minimum absolute atomic E-state index is 0.120. The summed E-state index contributed by atoms with van der Waals surface area (Å²) < 4.78 is 13.3. The van der Waals surface area contributed by atoms with E-state index in [9.17, 15) is 5.21 Å².